The van der Waals surface area contributed by atoms with E-state index >= 15 is 0 Å². The molecule has 1 saturated carbocycles. The number of hydrogen-bond donors (Lipinski definition) is 8. The van der Waals surface area contributed by atoms with Crippen molar-refractivity contribution >= 4 is 46.3 Å². The summed E-state index contributed by atoms with van der Waals surface area (Å²) < 4.78 is 0. The van der Waals surface area contributed by atoms with E-state index in [0.717, 1.165) is 54.1 Å². The van der Waals surface area contributed by atoms with Crippen LogP contribution in [0.15, 0.2) is 60.8 Å². The molecule has 3 aromatic rings. The summed E-state index contributed by atoms with van der Waals surface area (Å²) in [5.41, 5.74) is 7.94. The van der Waals surface area contributed by atoms with Gasteiger partial charge in [0.1, 0.15) is 18.1 Å². The Bertz CT molecular complexity index is 1820. The molecule has 57 heavy (non-hydrogen) atoms. The van der Waals surface area contributed by atoms with Gasteiger partial charge in [-0.1, -0.05) is 94.5 Å². The second kappa shape index (κ2) is 21.3. The van der Waals surface area contributed by atoms with E-state index in [1.807, 2.05) is 54.6 Å². The van der Waals surface area contributed by atoms with Crippen LogP contribution in [0.25, 0.3) is 10.9 Å². The molecule has 1 aromatic heterocycles. The Morgan fingerprint density at radius 1 is 0.754 bits per heavy atom. The van der Waals surface area contributed by atoms with Crippen LogP contribution < -0.4 is 37.6 Å². The largest absolute Gasteiger partial charge is 0.370 e. The van der Waals surface area contributed by atoms with E-state index in [9.17, 15) is 28.8 Å². The van der Waals surface area contributed by atoms with Gasteiger partial charge in [-0.15, -0.1) is 0 Å². The molecule has 2 aliphatic rings. The molecule has 1 aliphatic carbocycles. The third-order valence-electron chi connectivity index (χ3n) is 11.0. The minimum atomic E-state index is -1.20. The van der Waals surface area contributed by atoms with Crippen molar-refractivity contribution < 1.29 is 28.8 Å². The first-order valence-corrected chi connectivity index (χ1v) is 20.5. The third kappa shape index (κ3) is 13.4. The zero-order valence-corrected chi connectivity index (χ0v) is 33.2. The SMILES string of the molecule is CC(C)C[C@@H]1CN[C@@H](CC2CCCCC2)C(=O)N[C@H](CCC(N)=O)C(=O)N[C@@H](Cc2c[nH]c3ccccc23)C(=O)N[C@H](Cc2ccccc2)C(=O)NCCC(=O)N1. The van der Waals surface area contributed by atoms with E-state index in [2.05, 4.69) is 50.7 Å². The number of fused-ring (bicyclic) bond motifs is 1. The first-order chi connectivity index (χ1) is 27.4. The first kappa shape index (κ1) is 42.9. The minimum Gasteiger partial charge on any atom is -0.370 e. The van der Waals surface area contributed by atoms with Crippen LogP contribution in [0.4, 0.5) is 0 Å². The Morgan fingerprint density at radius 3 is 2.12 bits per heavy atom. The lowest BCUT2D eigenvalue weighted by molar-refractivity contribution is -0.134. The van der Waals surface area contributed by atoms with Gasteiger partial charge in [0, 0.05) is 61.9 Å². The van der Waals surface area contributed by atoms with Gasteiger partial charge in [-0.3, -0.25) is 28.8 Å². The topological polar surface area (TPSA) is 216 Å². The number of nitrogens with two attached hydrogens (primary N) is 1. The van der Waals surface area contributed by atoms with Crippen LogP contribution in [0.1, 0.15) is 89.2 Å². The van der Waals surface area contributed by atoms with Crippen LogP contribution in [0.5, 0.6) is 0 Å². The molecular weight excluding hydrogens is 725 g/mol. The summed E-state index contributed by atoms with van der Waals surface area (Å²) in [6.07, 6.45) is 8.21. The van der Waals surface area contributed by atoms with Gasteiger partial charge in [-0.2, -0.15) is 0 Å². The molecule has 2 heterocycles. The van der Waals surface area contributed by atoms with Gasteiger partial charge in [-0.05, 0) is 48.3 Å². The standard InChI is InChI=1S/C43H60N8O6/c1-27(2)21-31-26-47-35(22-28-11-5-3-6-12-28)42(56)49-34(17-18-38(44)52)41(55)51-37(24-30-25-46-33-16-10-9-15-32(30)33)43(57)50-36(23-29-13-7-4-8-14-29)40(54)45-20-19-39(53)48-31/h4,7-10,13-16,25,27-28,31,34-37,46-47H,3,5-6,11-12,17-24,26H2,1-2H3,(H2,44,52)(H,45,54)(H,48,53)(H,49,56)(H,50,57)(H,51,55)/t31-,34-,35+,36-,37+/m1/s1. The Hall–Kier alpha value is -5.24. The van der Waals surface area contributed by atoms with E-state index in [-0.39, 0.29) is 56.5 Å². The van der Waals surface area contributed by atoms with Gasteiger partial charge in [0.05, 0.1) is 6.04 Å². The van der Waals surface area contributed by atoms with E-state index in [1.54, 1.807) is 6.20 Å². The van der Waals surface area contributed by atoms with Crippen LogP contribution in [-0.2, 0) is 41.6 Å². The van der Waals surface area contributed by atoms with Gasteiger partial charge in [0.2, 0.25) is 35.4 Å². The van der Waals surface area contributed by atoms with Gasteiger partial charge in [0.25, 0.3) is 0 Å². The van der Waals surface area contributed by atoms with Crippen molar-refractivity contribution in [2.45, 2.75) is 121 Å². The highest BCUT2D eigenvalue weighted by Gasteiger charge is 2.33. The lowest BCUT2D eigenvalue weighted by atomic mass is 9.84. The molecule has 1 saturated heterocycles. The van der Waals surface area contributed by atoms with E-state index < -0.39 is 53.7 Å². The summed E-state index contributed by atoms with van der Waals surface area (Å²) in [5.74, 6) is -2.51. The lowest BCUT2D eigenvalue weighted by Crippen LogP contribution is -2.59. The van der Waals surface area contributed by atoms with Crippen molar-refractivity contribution in [2.24, 2.45) is 17.6 Å². The van der Waals surface area contributed by atoms with E-state index in [1.165, 1.54) is 0 Å². The second-order valence-corrected chi connectivity index (χ2v) is 16.1. The van der Waals surface area contributed by atoms with Crippen molar-refractivity contribution in [3.05, 3.63) is 71.9 Å². The van der Waals surface area contributed by atoms with E-state index in [4.69, 9.17) is 5.73 Å². The summed E-state index contributed by atoms with van der Waals surface area (Å²) in [5, 5.41) is 18.9. The third-order valence-corrected chi connectivity index (χ3v) is 11.0. The quantitative estimate of drug-likeness (QED) is 0.145. The fourth-order valence-electron chi connectivity index (χ4n) is 7.97. The maximum Gasteiger partial charge on any atom is 0.243 e. The summed E-state index contributed by atoms with van der Waals surface area (Å²) in [4.78, 5) is 85.1. The van der Waals surface area contributed by atoms with Crippen molar-refractivity contribution in [2.75, 3.05) is 13.1 Å². The predicted octanol–water partition coefficient (Wildman–Crippen LogP) is 2.65. The highest BCUT2D eigenvalue weighted by Crippen LogP contribution is 2.28. The highest BCUT2D eigenvalue weighted by atomic mass is 16.2. The molecule has 5 atom stereocenters. The Labute approximate surface area is 335 Å². The molecule has 2 aromatic carbocycles. The summed E-state index contributed by atoms with van der Waals surface area (Å²) in [7, 11) is 0. The molecule has 0 spiro atoms. The molecule has 5 rings (SSSR count). The smallest absolute Gasteiger partial charge is 0.243 e. The van der Waals surface area contributed by atoms with Crippen molar-refractivity contribution in [3.63, 3.8) is 0 Å². The number of primary amides is 1. The van der Waals surface area contributed by atoms with Crippen LogP contribution in [0, 0.1) is 11.8 Å². The molecular formula is C43H60N8O6. The van der Waals surface area contributed by atoms with Gasteiger partial charge < -0.3 is 42.6 Å². The van der Waals surface area contributed by atoms with Gasteiger partial charge >= 0.3 is 0 Å². The Morgan fingerprint density at radius 2 is 1.40 bits per heavy atom. The van der Waals surface area contributed by atoms with Crippen LogP contribution in [0.3, 0.4) is 0 Å². The maximum absolute atomic E-state index is 14.3. The zero-order valence-electron chi connectivity index (χ0n) is 33.2. The number of amides is 6. The molecule has 0 unspecified atom stereocenters. The molecule has 1 aliphatic heterocycles. The predicted molar refractivity (Wildman–Crippen MR) is 218 cm³/mol. The number of carbonyl (C=O) groups excluding carboxylic acids is 6. The average molecular weight is 785 g/mol. The van der Waals surface area contributed by atoms with E-state index in [0.29, 0.717) is 25.3 Å². The molecule has 14 nitrogen and oxygen atoms in total. The van der Waals surface area contributed by atoms with Crippen molar-refractivity contribution in [1.82, 2.24) is 36.9 Å². The number of nitrogens with one attached hydrogen (secondary N) is 7. The molecule has 0 radical (unpaired) electrons. The summed E-state index contributed by atoms with van der Waals surface area (Å²) in [6, 6.07) is 12.4. The number of rotatable bonds is 11. The molecule has 308 valence electrons. The van der Waals surface area contributed by atoms with Crippen LogP contribution >= 0.6 is 0 Å². The number of aromatic nitrogens is 1. The molecule has 2 fully saturated rings. The Kier molecular flexibility index (Phi) is 16.1. The number of benzene rings is 2. The molecule has 6 amide bonds. The van der Waals surface area contributed by atoms with Gasteiger partial charge in [-0.25, -0.2) is 0 Å². The number of hydrogen-bond acceptors (Lipinski definition) is 7. The number of H-pyrrole nitrogens is 1. The van der Waals surface area contributed by atoms with Crippen molar-refractivity contribution in [3.8, 4) is 0 Å². The fraction of sp³-hybridized carbons (Fsp3) is 0.535. The molecule has 0 bridgehead atoms. The van der Waals surface area contributed by atoms with Crippen molar-refractivity contribution in [1.29, 1.82) is 0 Å². The molecule has 9 N–H and O–H groups in total. The average Bonchev–Trinajstić information content (AvgIpc) is 3.59. The number of aromatic amines is 1. The molecule has 14 heteroatoms. The first-order valence-electron chi connectivity index (χ1n) is 20.5. The second-order valence-electron chi connectivity index (χ2n) is 16.1. The maximum atomic E-state index is 14.3. The van der Waals surface area contributed by atoms with Crippen LogP contribution in [0.2, 0.25) is 0 Å². The minimum absolute atomic E-state index is 0.0130. The lowest BCUT2D eigenvalue weighted by Gasteiger charge is -2.30. The summed E-state index contributed by atoms with van der Waals surface area (Å²) >= 11 is 0. The number of carbonyl (C=O) groups is 6. The normalized spacial score (nSPS) is 24.0. The number of para-hydroxylation sites is 1. The monoisotopic (exact) mass is 784 g/mol. The summed E-state index contributed by atoms with van der Waals surface area (Å²) in [6.45, 7) is 4.46. The van der Waals surface area contributed by atoms with Crippen LogP contribution in [-0.4, -0.2) is 83.7 Å². The fourth-order valence-corrected chi connectivity index (χ4v) is 7.97. The highest BCUT2D eigenvalue weighted by molar-refractivity contribution is 5.96. The van der Waals surface area contributed by atoms with Gasteiger partial charge in [0.15, 0.2) is 0 Å². The Balaban J connectivity index is 1.49. The zero-order chi connectivity index (χ0) is 40.7.